The second kappa shape index (κ2) is 7.43. The van der Waals surface area contributed by atoms with E-state index in [-0.39, 0.29) is 5.91 Å². The van der Waals surface area contributed by atoms with Crippen LogP contribution in [-0.2, 0) is 9.53 Å². The van der Waals surface area contributed by atoms with Crippen molar-refractivity contribution in [3.05, 3.63) is 70.8 Å². The van der Waals surface area contributed by atoms with Crippen molar-refractivity contribution >= 4 is 35.2 Å². The average Bonchev–Trinajstić information content (AvgIpc) is 2.54. The van der Waals surface area contributed by atoms with Crippen LogP contribution in [0.4, 0.5) is 5.69 Å². The molecule has 22 heavy (non-hydrogen) atoms. The number of nitrogens with one attached hydrogen (secondary N) is 1. The van der Waals surface area contributed by atoms with Crippen LogP contribution in [0.3, 0.4) is 0 Å². The minimum absolute atomic E-state index is 0.304. The number of para-hydroxylation sites is 1. The van der Waals surface area contributed by atoms with Crippen LogP contribution < -0.4 is 5.32 Å². The van der Waals surface area contributed by atoms with Gasteiger partial charge in [0.15, 0.2) is 0 Å². The second-order valence-corrected chi connectivity index (χ2v) is 4.85. The fraction of sp³-hybridized carbons (Fsp3) is 0.0588. The Kier molecular flexibility index (Phi) is 5.33. The molecule has 0 fully saturated rings. The topological polar surface area (TPSA) is 55.4 Å². The molecule has 0 aromatic heterocycles. The van der Waals surface area contributed by atoms with Crippen molar-refractivity contribution in [3.8, 4) is 0 Å². The molecule has 0 radical (unpaired) electrons. The Hall–Kier alpha value is -2.59. The molecule has 0 aliphatic carbocycles. The minimum atomic E-state index is -0.502. The number of halogens is 1. The van der Waals surface area contributed by atoms with E-state index in [1.165, 1.54) is 13.2 Å². The molecule has 0 spiro atoms. The van der Waals surface area contributed by atoms with Gasteiger partial charge in [-0.2, -0.15) is 0 Å². The molecular formula is C17H14ClNO3. The van der Waals surface area contributed by atoms with Crippen LogP contribution in [0.5, 0.6) is 0 Å². The lowest BCUT2D eigenvalue weighted by Gasteiger charge is -2.07. The zero-order valence-electron chi connectivity index (χ0n) is 11.9. The fourth-order valence-electron chi connectivity index (χ4n) is 1.80. The maximum Gasteiger partial charge on any atom is 0.339 e. The van der Waals surface area contributed by atoms with Gasteiger partial charge < -0.3 is 10.1 Å². The number of amides is 1. The number of hydrogen-bond acceptors (Lipinski definition) is 3. The molecule has 2 aromatic carbocycles. The molecule has 0 saturated heterocycles. The predicted octanol–water partition coefficient (Wildman–Crippen LogP) is 3.78. The number of carbonyl (C=O) groups excluding carboxylic acids is 2. The Labute approximate surface area is 133 Å². The van der Waals surface area contributed by atoms with E-state index in [4.69, 9.17) is 11.6 Å². The monoisotopic (exact) mass is 315 g/mol. The van der Waals surface area contributed by atoms with Crippen molar-refractivity contribution < 1.29 is 14.3 Å². The lowest BCUT2D eigenvalue weighted by molar-refractivity contribution is -0.111. The zero-order valence-corrected chi connectivity index (χ0v) is 12.6. The van der Waals surface area contributed by atoms with Gasteiger partial charge in [0.1, 0.15) is 0 Å². The zero-order chi connectivity index (χ0) is 15.9. The van der Waals surface area contributed by atoms with E-state index in [0.29, 0.717) is 16.3 Å². The molecule has 4 nitrogen and oxygen atoms in total. The van der Waals surface area contributed by atoms with Crippen molar-refractivity contribution in [2.75, 3.05) is 12.4 Å². The van der Waals surface area contributed by atoms with Crippen molar-refractivity contribution in [1.29, 1.82) is 0 Å². The summed E-state index contributed by atoms with van der Waals surface area (Å²) in [7, 11) is 1.29. The number of ether oxygens (including phenoxy) is 1. The molecule has 0 aliphatic rings. The summed E-state index contributed by atoms with van der Waals surface area (Å²) in [6, 6.07) is 13.7. The van der Waals surface area contributed by atoms with Gasteiger partial charge >= 0.3 is 5.97 Å². The van der Waals surface area contributed by atoms with Crippen molar-refractivity contribution in [3.63, 3.8) is 0 Å². The van der Waals surface area contributed by atoms with Gasteiger partial charge in [-0.15, -0.1) is 0 Å². The standard InChI is InChI=1S/C17H14ClNO3/c1-22-17(21)14-4-2-3-5-15(14)19-16(20)11-8-12-6-9-13(18)10-7-12/h2-11H,1H3,(H,19,20)/b11-8+. The van der Waals surface area contributed by atoms with Gasteiger partial charge in [-0.3, -0.25) is 4.79 Å². The summed E-state index contributed by atoms with van der Waals surface area (Å²) in [6.45, 7) is 0. The molecule has 112 valence electrons. The van der Waals surface area contributed by atoms with E-state index < -0.39 is 5.97 Å². The normalized spacial score (nSPS) is 10.5. The SMILES string of the molecule is COC(=O)c1ccccc1NC(=O)/C=C/c1ccc(Cl)cc1. The van der Waals surface area contributed by atoms with Gasteiger partial charge in [-0.25, -0.2) is 4.79 Å². The van der Waals surface area contributed by atoms with Crippen molar-refractivity contribution in [2.45, 2.75) is 0 Å². The number of methoxy groups -OCH3 is 1. The fourth-order valence-corrected chi connectivity index (χ4v) is 1.93. The van der Waals surface area contributed by atoms with Gasteiger partial charge in [-0.05, 0) is 35.9 Å². The van der Waals surface area contributed by atoms with Crippen LogP contribution in [0.25, 0.3) is 6.08 Å². The molecule has 0 bridgehead atoms. The van der Waals surface area contributed by atoms with Gasteiger partial charge in [0.25, 0.3) is 0 Å². The van der Waals surface area contributed by atoms with Crippen LogP contribution >= 0.6 is 11.6 Å². The van der Waals surface area contributed by atoms with Crippen molar-refractivity contribution in [1.82, 2.24) is 0 Å². The maximum atomic E-state index is 11.9. The Morgan fingerprint density at radius 1 is 1.09 bits per heavy atom. The van der Waals surface area contributed by atoms with Gasteiger partial charge in [0.2, 0.25) is 5.91 Å². The molecular weight excluding hydrogens is 302 g/mol. The van der Waals surface area contributed by atoms with Gasteiger partial charge in [0, 0.05) is 11.1 Å². The van der Waals surface area contributed by atoms with E-state index in [1.807, 2.05) is 0 Å². The van der Waals surface area contributed by atoms with Crippen LogP contribution in [0.1, 0.15) is 15.9 Å². The third-order valence-corrected chi connectivity index (χ3v) is 3.14. The van der Waals surface area contributed by atoms with E-state index in [0.717, 1.165) is 5.56 Å². The first-order valence-electron chi connectivity index (χ1n) is 6.52. The molecule has 0 heterocycles. The average molecular weight is 316 g/mol. The molecule has 0 saturated carbocycles. The van der Waals surface area contributed by atoms with Gasteiger partial charge in [0.05, 0.1) is 18.4 Å². The maximum absolute atomic E-state index is 11.9. The third kappa shape index (κ3) is 4.20. The minimum Gasteiger partial charge on any atom is -0.465 e. The summed E-state index contributed by atoms with van der Waals surface area (Å²) >= 11 is 5.80. The molecule has 0 atom stereocenters. The molecule has 2 aromatic rings. The molecule has 5 heteroatoms. The third-order valence-electron chi connectivity index (χ3n) is 2.89. The number of carbonyl (C=O) groups is 2. The number of hydrogen-bond donors (Lipinski definition) is 1. The highest BCUT2D eigenvalue weighted by atomic mass is 35.5. The second-order valence-electron chi connectivity index (χ2n) is 4.41. The Morgan fingerprint density at radius 2 is 1.77 bits per heavy atom. The molecule has 0 aliphatic heterocycles. The van der Waals surface area contributed by atoms with Crippen LogP contribution in [-0.4, -0.2) is 19.0 Å². The lowest BCUT2D eigenvalue weighted by Crippen LogP contribution is -2.12. The Bertz CT molecular complexity index is 708. The highest BCUT2D eigenvalue weighted by Gasteiger charge is 2.11. The highest BCUT2D eigenvalue weighted by molar-refractivity contribution is 6.30. The van der Waals surface area contributed by atoms with E-state index in [1.54, 1.807) is 54.6 Å². The van der Waals surface area contributed by atoms with Crippen LogP contribution in [0.2, 0.25) is 5.02 Å². The lowest BCUT2D eigenvalue weighted by atomic mass is 10.1. The summed E-state index contributed by atoms with van der Waals surface area (Å²) in [5.41, 5.74) is 1.55. The first kappa shape index (κ1) is 15.8. The summed E-state index contributed by atoms with van der Waals surface area (Å²) in [6.07, 6.45) is 3.05. The largest absolute Gasteiger partial charge is 0.465 e. The Morgan fingerprint density at radius 3 is 2.45 bits per heavy atom. The molecule has 1 amide bonds. The molecule has 1 N–H and O–H groups in total. The predicted molar refractivity (Wildman–Crippen MR) is 86.9 cm³/mol. The summed E-state index contributed by atoms with van der Waals surface area (Å²) in [5, 5.41) is 3.29. The first-order valence-corrected chi connectivity index (χ1v) is 6.90. The van der Waals surface area contributed by atoms with Gasteiger partial charge in [-0.1, -0.05) is 35.9 Å². The van der Waals surface area contributed by atoms with Crippen molar-refractivity contribution in [2.24, 2.45) is 0 Å². The number of rotatable bonds is 4. The smallest absolute Gasteiger partial charge is 0.339 e. The number of benzene rings is 2. The summed E-state index contributed by atoms with van der Waals surface area (Å²) in [4.78, 5) is 23.6. The van der Waals surface area contributed by atoms with Crippen LogP contribution in [0.15, 0.2) is 54.6 Å². The Balaban J connectivity index is 2.09. The van der Waals surface area contributed by atoms with Crippen LogP contribution in [0, 0.1) is 0 Å². The summed E-state index contributed by atoms with van der Waals surface area (Å²) in [5.74, 6) is -0.844. The quantitative estimate of drug-likeness (QED) is 0.690. The highest BCUT2D eigenvalue weighted by Crippen LogP contribution is 2.16. The number of esters is 1. The number of anilines is 1. The van der Waals surface area contributed by atoms with E-state index >= 15 is 0 Å². The molecule has 2 rings (SSSR count). The molecule has 0 unspecified atom stereocenters. The first-order chi connectivity index (χ1) is 10.6. The van der Waals surface area contributed by atoms with E-state index in [2.05, 4.69) is 10.1 Å². The van der Waals surface area contributed by atoms with E-state index in [9.17, 15) is 9.59 Å². The summed E-state index contributed by atoms with van der Waals surface area (Å²) < 4.78 is 4.68.